The first-order valence-electron chi connectivity index (χ1n) is 12.4. The Bertz CT molecular complexity index is 989. The van der Waals surface area contributed by atoms with Crippen molar-refractivity contribution in [3.63, 3.8) is 0 Å². The second-order valence-electron chi connectivity index (χ2n) is 9.87. The van der Waals surface area contributed by atoms with E-state index in [9.17, 15) is 5.11 Å². The second-order valence-corrected chi connectivity index (χ2v) is 12.4. The zero-order chi connectivity index (χ0) is 22.1. The molecule has 0 bridgehead atoms. The monoisotopic (exact) mass is 656 g/mol. The van der Waals surface area contributed by atoms with Crippen molar-refractivity contribution in [1.29, 1.82) is 0 Å². The van der Waals surface area contributed by atoms with Crippen molar-refractivity contribution in [2.24, 2.45) is 0 Å². The van der Waals surface area contributed by atoms with E-state index in [1.54, 1.807) is 0 Å². The fourth-order valence-corrected chi connectivity index (χ4v) is 7.16. The van der Waals surface area contributed by atoms with Crippen LogP contribution in [0.5, 0.6) is 0 Å². The van der Waals surface area contributed by atoms with Crippen LogP contribution in [-0.4, -0.2) is 39.3 Å². The summed E-state index contributed by atoms with van der Waals surface area (Å²) in [6.07, 6.45) is 13.1. The number of hydrogen-bond donors (Lipinski definition) is 1. The van der Waals surface area contributed by atoms with Crippen LogP contribution in [-0.2, 0) is 6.54 Å². The molecule has 172 valence electrons. The number of nitrogens with zero attached hydrogens (tertiary/aromatic N) is 2. The van der Waals surface area contributed by atoms with E-state index >= 15 is 0 Å². The lowest BCUT2D eigenvalue weighted by Crippen LogP contribution is -2.49. The first kappa shape index (κ1) is 23.4. The quantitative estimate of drug-likeness (QED) is 0.282. The molecular weight excluding hydrogens is 622 g/mol. The molecule has 32 heavy (non-hydrogen) atoms. The van der Waals surface area contributed by atoms with E-state index in [1.807, 2.05) is 0 Å². The minimum absolute atomic E-state index is 0.351. The molecule has 3 aromatic rings. The van der Waals surface area contributed by atoms with E-state index in [1.165, 1.54) is 93.2 Å². The smallest absolute Gasteiger partial charge is 0.0846 e. The van der Waals surface area contributed by atoms with Crippen molar-refractivity contribution in [3.05, 3.63) is 43.5 Å². The first-order chi connectivity index (χ1) is 15.6. The molecule has 0 amide bonds. The van der Waals surface area contributed by atoms with E-state index in [2.05, 4.69) is 91.0 Å². The molecule has 2 aliphatic rings. The van der Waals surface area contributed by atoms with Gasteiger partial charge in [-0.3, -0.25) is 4.90 Å². The Morgan fingerprint density at radius 1 is 0.781 bits per heavy atom. The molecule has 0 unspecified atom stereocenters. The molecule has 2 aliphatic carbocycles. The summed E-state index contributed by atoms with van der Waals surface area (Å²) in [7, 11) is 0. The van der Waals surface area contributed by atoms with Gasteiger partial charge < -0.3 is 9.67 Å². The molecule has 1 heterocycles. The third kappa shape index (κ3) is 5.01. The van der Waals surface area contributed by atoms with E-state index in [-0.39, 0.29) is 6.10 Å². The summed E-state index contributed by atoms with van der Waals surface area (Å²) in [5.74, 6) is 0. The zero-order valence-electron chi connectivity index (χ0n) is 18.8. The SMILES string of the molecule is O[C@H](CN(C1CCCCC1)C1CCCCC1)Cn1c2ccc(I)cc2c2cc(I)ccc21. The topological polar surface area (TPSA) is 28.4 Å². The normalized spacial score (nSPS) is 19.9. The highest BCUT2D eigenvalue weighted by atomic mass is 127. The predicted molar refractivity (Wildman–Crippen MR) is 151 cm³/mol. The van der Waals surface area contributed by atoms with E-state index < -0.39 is 0 Å². The third-order valence-corrected chi connectivity index (χ3v) is 9.03. The van der Waals surface area contributed by atoms with Crippen molar-refractivity contribution in [1.82, 2.24) is 9.47 Å². The van der Waals surface area contributed by atoms with Gasteiger partial charge in [0.1, 0.15) is 0 Å². The van der Waals surface area contributed by atoms with Crippen LogP contribution >= 0.6 is 45.2 Å². The minimum atomic E-state index is -0.351. The van der Waals surface area contributed by atoms with Gasteiger partial charge in [-0.25, -0.2) is 0 Å². The van der Waals surface area contributed by atoms with Gasteiger partial charge in [-0.1, -0.05) is 38.5 Å². The van der Waals surface area contributed by atoms with Crippen LogP contribution in [0.4, 0.5) is 0 Å². The molecule has 0 saturated heterocycles. The summed E-state index contributed by atoms with van der Waals surface area (Å²) in [5.41, 5.74) is 2.48. The Morgan fingerprint density at radius 2 is 1.25 bits per heavy atom. The zero-order valence-corrected chi connectivity index (χ0v) is 23.1. The Hall–Kier alpha value is -0.380. The maximum absolute atomic E-state index is 11.4. The molecule has 1 atom stereocenters. The van der Waals surface area contributed by atoms with Gasteiger partial charge in [-0.05, 0) is 107 Å². The van der Waals surface area contributed by atoms with Gasteiger partial charge in [0.15, 0.2) is 0 Å². The number of aromatic nitrogens is 1. The summed E-state index contributed by atoms with van der Waals surface area (Å²) < 4.78 is 4.88. The number of aliphatic hydroxyl groups is 1. The number of aliphatic hydroxyl groups excluding tert-OH is 1. The van der Waals surface area contributed by atoms with Gasteiger partial charge in [0.25, 0.3) is 0 Å². The molecule has 1 N–H and O–H groups in total. The summed E-state index contributed by atoms with van der Waals surface area (Å²) in [5, 5.41) is 14.0. The van der Waals surface area contributed by atoms with Crippen molar-refractivity contribution >= 4 is 67.0 Å². The van der Waals surface area contributed by atoms with Crippen LogP contribution in [0.3, 0.4) is 0 Å². The van der Waals surface area contributed by atoms with Crippen molar-refractivity contribution in [2.75, 3.05) is 6.54 Å². The summed E-state index contributed by atoms with van der Waals surface area (Å²) >= 11 is 4.80. The Labute approximate surface area is 219 Å². The number of rotatable bonds is 6. The fourth-order valence-electron chi connectivity index (χ4n) is 6.18. The molecule has 2 saturated carbocycles. The molecule has 3 nitrogen and oxygen atoms in total. The average Bonchev–Trinajstić information content (AvgIpc) is 3.10. The van der Waals surface area contributed by atoms with Crippen LogP contribution in [0, 0.1) is 7.14 Å². The number of halogens is 2. The highest BCUT2D eigenvalue weighted by molar-refractivity contribution is 14.1. The number of benzene rings is 2. The molecule has 0 aliphatic heterocycles. The summed E-state index contributed by atoms with van der Waals surface area (Å²) in [4.78, 5) is 2.74. The van der Waals surface area contributed by atoms with E-state index in [0.29, 0.717) is 18.6 Å². The molecule has 2 aromatic carbocycles. The lowest BCUT2D eigenvalue weighted by atomic mass is 9.88. The van der Waals surface area contributed by atoms with Gasteiger partial charge in [-0.15, -0.1) is 0 Å². The molecular formula is C27H34I2N2O. The first-order valence-corrected chi connectivity index (χ1v) is 14.6. The standard InChI is InChI=1S/C27H34I2N2O/c28-19-11-13-26-24(15-19)25-16-20(29)12-14-27(25)31(26)18-23(32)17-30(21-7-3-1-4-8-21)22-9-5-2-6-10-22/h11-16,21-23,32H,1-10,17-18H2/t23-/m1/s1. The Kier molecular flexibility index (Phi) is 7.66. The lowest BCUT2D eigenvalue weighted by Gasteiger charge is -2.42. The van der Waals surface area contributed by atoms with Crippen LogP contribution in [0.1, 0.15) is 64.2 Å². The Balaban J connectivity index is 1.43. The summed E-state index contributed by atoms with van der Waals surface area (Å²) in [6.45, 7) is 1.47. The third-order valence-electron chi connectivity index (χ3n) is 7.69. The molecule has 2 fully saturated rings. The Morgan fingerprint density at radius 3 is 1.72 bits per heavy atom. The van der Waals surface area contributed by atoms with Crippen molar-refractivity contribution in [3.8, 4) is 0 Å². The average molecular weight is 656 g/mol. The molecule has 5 rings (SSSR count). The van der Waals surface area contributed by atoms with Crippen molar-refractivity contribution < 1.29 is 5.11 Å². The maximum atomic E-state index is 11.4. The van der Waals surface area contributed by atoms with Crippen molar-refractivity contribution in [2.45, 2.75) is 88.9 Å². The molecule has 5 heteroatoms. The van der Waals surface area contributed by atoms with Crippen LogP contribution in [0.25, 0.3) is 21.8 Å². The second kappa shape index (κ2) is 10.5. The van der Waals surface area contributed by atoms with Crippen LogP contribution in [0.15, 0.2) is 36.4 Å². The summed E-state index contributed by atoms with van der Waals surface area (Å²) in [6, 6.07) is 14.7. The van der Waals surface area contributed by atoms with Gasteiger partial charge in [0.05, 0.1) is 12.6 Å². The maximum Gasteiger partial charge on any atom is 0.0846 e. The number of hydrogen-bond acceptors (Lipinski definition) is 2. The predicted octanol–water partition coefficient (Wildman–Crippen LogP) is 7.33. The minimum Gasteiger partial charge on any atom is -0.390 e. The molecule has 1 aromatic heterocycles. The van der Waals surface area contributed by atoms with E-state index in [4.69, 9.17) is 0 Å². The highest BCUT2D eigenvalue weighted by Gasteiger charge is 2.30. The largest absolute Gasteiger partial charge is 0.390 e. The van der Waals surface area contributed by atoms with Gasteiger partial charge >= 0.3 is 0 Å². The lowest BCUT2D eigenvalue weighted by molar-refractivity contribution is 0.0242. The van der Waals surface area contributed by atoms with Crippen LogP contribution < -0.4 is 0 Å². The van der Waals surface area contributed by atoms with Gasteiger partial charge in [0, 0.05) is 47.6 Å². The molecule has 0 radical (unpaired) electrons. The van der Waals surface area contributed by atoms with E-state index in [0.717, 1.165) is 6.54 Å². The van der Waals surface area contributed by atoms with Crippen LogP contribution in [0.2, 0.25) is 0 Å². The number of fused-ring (bicyclic) bond motifs is 3. The fraction of sp³-hybridized carbons (Fsp3) is 0.556. The van der Waals surface area contributed by atoms with Gasteiger partial charge in [-0.2, -0.15) is 0 Å². The van der Waals surface area contributed by atoms with Gasteiger partial charge in [0.2, 0.25) is 0 Å². The molecule has 0 spiro atoms. The highest BCUT2D eigenvalue weighted by Crippen LogP contribution is 2.33.